The Bertz CT molecular complexity index is 3730. The van der Waals surface area contributed by atoms with Gasteiger partial charge in [-0.2, -0.15) is 0 Å². The van der Waals surface area contributed by atoms with Crippen LogP contribution in [0.1, 0.15) is 180 Å². The van der Waals surface area contributed by atoms with Crippen LogP contribution in [-0.2, 0) is 15.6 Å². The minimum atomic E-state index is -1.26. The summed E-state index contributed by atoms with van der Waals surface area (Å²) < 4.78 is 25.9. The second kappa shape index (κ2) is 30.0. The van der Waals surface area contributed by atoms with E-state index in [1.807, 2.05) is 11.3 Å². The third-order valence-electron chi connectivity index (χ3n) is 17.8. The second-order valence-corrected chi connectivity index (χ2v) is 26.0. The van der Waals surface area contributed by atoms with E-state index in [1.54, 1.807) is 11.3 Å². The number of unbranched alkanes of at least 4 members (excludes halogenated alkanes) is 12. The SMILES string of the molecule is [C-]#[N+]/C(=C\c1cc2c(s1)-c1cc3c(cc1C2(c1ccc(OCCCCCC)cc1)c1ccc(OCCCCCC)cc1)-c1sc(N(c2ccccc2)c2ccccc2)cc1C3(c1ccc(OCCCCCC)cc1)c1ccc(OCCCCCC)cc1)C(=O)O. The number of para-hydroxylation sites is 2. The highest BCUT2D eigenvalue weighted by molar-refractivity contribution is 7.20. The number of carbonyl (C=O) groups is 1. The third-order valence-corrected chi connectivity index (χ3v) is 20.1. The molecule has 7 aromatic carbocycles. The number of carboxylic acid groups (broad SMARTS) is 1. The molecular weight excluding hydrogens is 1150 g/mol. The number of carboxylic acids is 1. The van der Waals surface area contributed by atoms with Crippen molar-refractivity contribution in [2.24, 2.45) is 0 Å². The molecule has 0 saturated heterocycles. The van der Waals surface area contributed by atoms with E-state index in [1.165, 1.54) is 55.0 Å². The van der Waals surface area contributed by atoms with Crippen molar-refractivity contribution in [3.63, 3.8) is 0 Å². The molecule has 0 unspecified atom stereocenters. The van der Waals surface area contributed by atoms with Crippen molar-refractivity contribution in [3.8, 4) is 43.9 Å². The van der Waals surface area contributed by atoms with Gasteiger partial charge in [0.1, 0.15) is 28.0 Å². The number of anilines is 3. The van der Waals surface area contributed by atoms with Gasteiger partial charge in [0.05, 0.1) is 43.8 Å². The highest BCUT2D eigenvalue weighted by Gasteiger charge is 2.53. The van der Waals surface area contributed by atoms with Crippen molar-refractivity contribution in [1.29, 1.82) is 0 Å². The molecule has 0 aliphatic heterocycles. The van der Waals surface area contributed by atoms with E-state index in [2.05, 4.69) is 219 Å². The zero-order valence-electron chi connectivity index (χ0n) is 52.7. The molecule has 8 nitrogen and oxygen atoms in total. The lowest BCUT2D eigenvalue weighted by Gasteiger charge is -2.36. The van der Waals surface area contributed by atoms with Crippen LogP contribution in [0.25, 0.3) is 31.8 Å². The van der Waals surface area contributed by atoms with Crippen LogP contribution in [0.4, 0.5) is 16.4 Å². The first-order valence-corrected chi connectivity index (χ1v) is 34.5. The highest BCUT2D eigenvalue weighted by Crippen LogP contribution is 2.66. The van der Waals surface area contributed by atoms with Gasteiger partial charge in [-0.25, -0.2) is 4.85 Å². The molecule has 0 bridgehead atoms. The maximum Gasteiger partial charge on any atom is 0.333 e. The number of aliphatic carboxylic acids is 1. The van der Waals surface area contributed by atoms with Gasteiger partial charge >= 0.3 is 5.97 Å². The molecule has 0 radical (unpaired) electrons. The summed E-state index contributed by atoms with van der Waals surface area (Å²) in [5, 5.41) is 11.4. The summed E-state index contributed by atoms with van der Waals surface area (Å²) in [6.07, 6.45) is 19.4. The Kier molecular flexibility index (Phi) is 21.0. The van der Waals surface area contributed by atoms with Crippen LogP contribution in [0.15, 0.2) is 188 Å². The zero-order valence-corrected chi connectivity index (χ0v) is 54.4. The lowest BCUT2D eigenvalue weighted by molar-refractivity contribution is -0.132. The van der Waals surface area contributed by atoms with Gasteiger partial charge in [-0.3, -0.25) is 4.79 Å². The number of ether oxygens (including phenoxy) is 4. The van der Waals surface area contributed by atoms with E-state index in [9.17, 15) is 9.90 Å². The van der Waals surface area contributed by atoms with Crippen molar-refractivity contribution in [1.82, 2.24) is 0 Å². The Morgan fingerprint density at radius 1 is 0.444 bits per heavy atom. The fourth-order valence-corrected chi connectivity index (χ4v) is 15.8. The van der Waals surface area contributed by atoms with E-state index in [-0.39, 0.29) is 5.70 Å². The molecule has 2 aliphatic rings. The predicted molar refractivity (Wildman–Crippen MR) is 372 cm³/mol. The van der Waals surface area contributed by atoms with Crippen molar-refractivity contribution in [2.75, 3.05) is 31.3 Å². The molecule has 2 heterocycles. The number of hydrogen-bond acceptors (Lipinski definition) is 8. The largest absolute Gasteiger partial charge is 0.494 e. The summed E-state index contributed by atoms with van der Waals surface area (Å²) in [6.45, 7) is 19.5. The number of hydrogen-bond donors (Lipinski definition) is 1. The Balaban J connectivity index is 1.19. The van der Waals surface area contributed by atoms with Crippen LogP contribution in [0.5, 0.6) is 23.0 Å². The minimum Gasteiger partial charge on any atom is -0.494 e. The number of rotatable bonds is 33. The van der Waals surface area contributed by atoms with Gasteiger partial charge in [0, 0.05) is 26.0 Å². The fourth-order valence-electron chi connectivity index (χ4n) is 13.3. The number of thiophene rings is 2. The van der Waals surface area contributed by atoms with Crippen molar-refractivity contribution in [3.05, 3.63) is 248 Å². The lowest BCUT2D eigenvalue weighted by atomic mass is 9.66. The first kappa shape index (κ1) is 63.2. The molecule has 462 valence electrons. The topological polar surface area (TPSA) is 81.8 Å². The third kappa shape index (κ3) is 13.1. The molecule has 0 atom stereocenters. The predicted octanol–water partition coefficient (Wildman–Crippen LogP) is 22.2. The normalized spacial score (nSPS) is 13.2. The van der Waals surface area contributed by atoms with E-state index >= 15 is 0 Å². The average Bonchev–Trinajstić information content (AvgIpc) is 1.50. The molecule has 0 fully saturated rings. The first-order chi connectivity index (χ1) is 44.3. The maximum absolute atomic E-state index is 12.7. The second-order valence-electron chi connectivity index (χ2n) is 23.8. The summed E-state index contributed by atoms with van der Waals surface area (Å²) in [6, 6.07) is 65.9. The summed E-state index contributed by atoms with van der Waals surface area (Å²) in [7, 11) is 0. The summed E-state index contributed by atoms with van der Waals surface area (Å²) in [5.74, 6) is 2.04. The van der Waals surface area contributed by atoms with Crippen LogP contribution < -0.4 is 23.8 Å². The van der Waals surface area contributed by atoms with Gasteiger partial charge in [0.15, 0.2) is 0 Å². The van der Waals surface area contributed by atoms with Gasteiger partial charge in [-0.15, -0.1) is 22.7 Å². The Labute approximate surface area is 541 Å². The smallest absolute Gasteiger partial charge is 0.333 e. The molecule has 10 heteroatoms. The van der Waals surface area contributed by atoms with Crippen molar-refractivity contribution >= 4 is 51.1 Å². The molecule has 2 aliphatic carbocycles. The van der Waals surface area contributed by atoms with Crippen LogP contribution in [0.3, 0.4) is 0 Å². The molecular formula is C80H84N2O6S2. The monoisotopic (exact) mass is 1230 g/mol. The lowest BCUT2D eigenvalue weighted by Crippen LogP contribution is -2.30. The summed E-state index contributed by atoms with van der Waals surface area (Å²) in [5.41, 5.74) is 10.9. The Morgan fingerprint density at radius 3 is 1.12 bits per heavy atom. The van der Waals surface area contributed by atoms with Crippen LogP contribution in [0, 0.1) is 6.57 Å². The van der Waals surface area contributed by atoms with Crippen LogP contribution >= 0.6 is 22.7 Å². The summed E-state index contributed by atoms with van der Waals surface area (Å²) >= 11 is 3.36. The van der Waals surface area contributed by atoms with Gasteiger partial charge in [0.2, 0.25) is 0 Å². The molecule has 90 heavy (non-hydrogen) atoms. The van der Waals surface area contributed by atoms with Crippen molar-refractivity contribution in [2.45, 2.75) is 141 Å². The fraction of sp³-hybridized carbons (Fsp3) is 0.325. The van der Waals surface area contributed by atoms with Gasteiger partial charge < -0.3 is 29.0 Å². The van der Waals surface area contributed by atoms with Gasteiger partial charge in [-0.05, 0) is 184 Å². The molecule has 0 saturated carbocycles. The molecule has 0 spiro atoms. The first-order valence-electron chi connectivity index (χ1n) is 32.9. The molecule has 0 amide bonds. The molecule has 9 aromatic rings. The van der Waals surface area contributed by atoms with E-state index in [0.29, 0.717) is 31.3 Å². The number of benzene rings is 7. The van der Waals surface area contributed by atoms with E-state index < -0.39 is 16.8 Å². The summed E-state index contributed by atoms with van der Waals surface area (Å²) in [4.78, 5) is 21.5. The van der Waals surface area contributed by atoms with E-state index in [4.69, 9.17) is 25.5 Å². The van der Waals surface area contributed by atoms with Crippen LogP contribution in [-0.4, -0.2) is 37.5 Å². The Hall–Kier alpha value is -8.36. The standard InChI is InChI=1S/C80H84N2O6S2/c1-6-10-14-24-48-85-63-40-32-57(33-41-63)79(58-34-42-64(43-35-58)86-49-25-15-11-7-2)70-55-69-71(54-68(70)76-72(79)52-67(89-76)53-74(81-5)78(83)84)80(59-36-44-65(45-37-59)87-50-26-16-12-8-3,60-38-46-66(47-39-60)88-51-27-17-13-9-4)73-56-75(90-77(69)73)82(61-28-20-18-21-29-61)62-30-22-19-23-31-62/h18-23,28-47,52-56H,6-17,24-27,48-51H2,1-4H3,(H,83,84)/b74-53-. The highest BCUT2D eigenvalue weighted by atomic mass is 32.1. The van der Waals surface area contributed by atoms with Gasteiger partial charge in [-0.1, -0.05) is 190 Å². The van der Waals surface area contributed by atoms with E-state index in [0.717, 1.165) is 159 Å². The zero-order chi connectivity index (χ0) is 62.3. The number of fused-ring (bicyclic) bond motifs is 6. The van der Waals surface area contributed by atoms with Gasteiger partial charge in [0.25, 0.3) is 5.70 Å². The molecule has 1 N–H and O–H groups in total. The maximum atomic E-state index is 12.7. The molecule has 11 rings (SSSR count). The van der Waals surface area contributed by atoms with Crippen molar-refractivity contribution < 1.29 is 28.8 Å². The average molecular weight is 1230 g/mol. The minimum absolute atomic E-state index is 0.336. The Morgan fingerprint density at radius 2 is 0.789 bits per heavy atom. The number of nitrogens with zero attached hydrogens (tertiary/aromatic N) is 2. The quantitative estimate of drug-likeness (QED) is 0.0249. The molecule has 2 aromatic heterocycles. The van der Waals surface area contributed by atoms with Crippen LogP contribution in [0.2, 0.25) is 0 Å².